The van der Waals surface area contributed by atoms with Crippen LogP contribution in [0, 0.1) is 0 Å². The van der Waals surface area contributed by atoms with Crippen LogP contribution in [0.3, 0.4) is 0 Å². The van der Waals surface area contributed by atoms with E-state index in [1.54, 1.807) is 0 Å². The van der Waals surface area contributed by atoms with Crippen molar-refractivity contribution in [3.63, 3.8) is 0 Å². The predicted molar refractivity (Wildman–Crippen MR) is 99.8 cm³/mol. The van der Waals surface area contributed by atoms with Crippen molar-refractivity contribution < 1.29 is 21.6 Å². The normalized spacial score (nSPS) is 16.6. The maximum absolute atomic E-state index is 12.9. The summed E-state index contributed by atoms with van der Waals surface area (Å²) in [5, 5.41) is 2.82. The molecule has 6 nitrogen and oxygen atoms in total. The van der Waals surface area contributed by atoms with Crippen molar-refractivity contribution in [1.29, 1.82) is 0 Å². The first-order valence-corrected chi connectivity index (χ1v) is 10.7. The van der Waals surface area contributed by atoms with Crippen LogP contribution >= 0.6 is 11.3 Å². The van der Waals surface area contributed by atoms with Gasteiger partial charge in [-0.2, -0.15) is 17.5 Å². The lowest BCUT2D eigenvalue weighted by Crippen LogP contribution is -2.49. The monoisotopic (exact) mass is 428 g/mol. The maximum atomic E-state index is 12.9. The number of sulfonamides is 1. The Morgan fingerprint density at radius 2 is 1.79 bits per heavy atom. The Labute approximate surface area is 163 Å². The van der Waals surface area contributed by atoms with Crippen LogP contribution in [0.15, 0.2) is 46.9 Å². The minimum Gasteiger partial charge on any atom is -0.353 e. The van der Waals surface area contributed by atoms with Crippen LogP contribution in [0.2, 0.25) is 0 Å². The summed E-state index contributed by atoms with van der Waals surface area (Å²) in [4.78, 5) is 11.0. The molecule has 0 aliphatic carbocycles. The van der Waals surface area contributed by atoms with Gasteiger partial charge in [0.2, 0.25) is 10.0 Å². The summed E-state index contributed by atoms with van der Waals surface area (Å²) in [5.74, 6) is 0.738. The Kier molecular flexibility index (Phi) is 4.76. The molecule has 3 heterocycles. The number of hydrogen-bond donors (Lipinski definition) is 0. The zero-order valence-electron chi connectivity index (χ0n) is 14.4. The van der Waals surface area contributed by atoms with E-state index in [-0.39, 0.29) is 18.0 Å². The van der Waals surface area contributed by atoms with Crippen molar-refractivity contribution in [2.75, 3.05) is 31.1 Å². The number of piperazine rings is 1. The van der Waals surface area contributed by atoms with Gasteiger partial charge in [-0.1, -0.05) is 6.07 Å². The molecular weight excluding hydrogens is 413 g/mol. The first kappa shape index (κ1) is 19.1. The Bertz CT molecular complexity index is 1110. The highest BCUT2D eigenvalue weighted by atomic mass is 32.2. The van der Waals surface area contributed by atoms with Gasteiger partial charge in [0.1, 0.15) is 17.0 Å². The van der Waals surface area contributed by atoms with Crippen LogP contribution in [-0.2, 0) is 16.2 Å². The number of fused-ring (bicyclic) bond motifs is 1. The van der Waals surface area contributed by atoms with E-state index in [0.29, 0.717) is 19.2 Å². The molecule has 0 radical (unpaired) electrons. The van der Waals surface area contributed by atoms with E-state index in [4.69, 9.17) is 0 Å². The molecular formula is C17H15F3N4O2S2. The molecule has 148 valence electrons. The van der Waals surface area contributed by atoms with Crippen molar-refractivity contribution in [2.45, 2.75) is 11.1 Å². The lowest BCUT2D eigenvalue weighted by atomic mass is 10.2. The molecule has 0 amide bonds. The number of anilines is 1. The maximum Gasteiger partial charge on any atom is 0.416 e. The first-order valence-electron chi connectivity index (χ1n) is 8.37. The highest BCUT2D eigenvalue weighted by Gasteiger charge is 2.34. The molecule has 0 N–H and O–H groups in total. The molecule has 1 aromatic carbocycles. The summed E-state index contributed by atoms with van der Waals surface area (Å²) >= 11 is 1.49. The van der Waals surface area contributed by atoms with E-state index < -0.39 is 21.8 Å². The average Bonchev–Trinajstić information content (AvgIpc) is 3.16. The van der Waals surface area contributed by atoms with Crippen LogP contribution in [0.4, 0.5) is 19.0 Å². The average molecular weight is 428 g/mol. The number of alkyl halides is 3. The van der Waals surface area contributed by atoms with Gasteiger partial charge in [0.05, 0.1) is 15.8 Å². The number of halogens is 3. The molecule has 0 unspecified atom stereocenters. The fourth-order valence-electron chi connectivity index (χ4n) is 3.15. The van der Waals surface area contributed by atoms with Gasteiger partial charge in [0, 0.05) is 26.2 Å². The fraction of sp³-hybridized carbons (Fsp3) is 0.294. The lowest BCUT2D eigenvalue weighted by molar-refractivity contribution is -0.137. The van der Waals surface area contributed by atoms with Gasteiger partial charge in [0.25, 0.3) is 0 Å². The fourth-order valence-corrected chi connectivity index (χ4v) is 5.35. The standard InChI is InChI=1S/C17H15F3N4O2S2/c18-17(19,20)12-2-1-3-13(10-12)28(25,26)24-7-5-23(6-8-24)15-14-4-9-27-16(14)22-11-21-15/h1-4,9-11H,5-8H2. The number of rotatable bonds is 3. The largest absolute Gasteiger partial charge is 0.416 e. The summed E-state index contributed by atoms with van der Waals surface area (Å²) in [6.07, 6.45) is -3.12. The molecule has 1 fully saturated rings. The summed E-state index contributed by atoms with van der Waals surface area (Å²) in [6, 6.07) is 5.76. The third-order valence-corrected chi connectivity index (χ3v) is 7.29. The quantitative estimate of drug-likeness (QED) is 0.641. The number of benzene rings is 1. The van der Waals surface area contributed by atoms with Gasteiger partial charge < -0.3 is 4.90 Å². The Balaban J connectivity index is 1.54. The number of thiophene rings is 1. The van der Waals surface area contributed by atoms with E-state index in [9.17, 15) is 21.6 Å². The second-order valence-corrected chi connectivity index (χ2v) is 9.09. The third kappa shape index (κ3) is 3.45. The molecule has 0 spiro atoms. The highest BCUT2D eigenvalue weighted by Crippen LogP contribution is 2.32. The van der Waals surface area contributed by atoms with Gasteiger partial charge >= 0.3 is 6.18 Å². The number of aromatic nitrogens is 2. The smallest absolute Gasteiger partial charge is 0.353 e. The van der Waals surface area contributed by atoms with Crippen LogP contribution in [0.5, 0.6) is 0 Å². The van der Waals surface area contributed by atoms with Crippen molar-refractivity contribution in [2.24, 2.45) is 0 Å². The molecule has 0 saturated carbocycles. The van der Waals surface area contributed by atoms with Crippen LogP contribution in [0.25, 0.3) is 10.2 Å². The summed E-state index contributed by atoms with van der Waals surface area (Å²) < 4.78 is 65.5. The van der Waals surface area contributed by atoms with Crippen molar-refractivity contribution in [3.05, 3.63) is 47.6 Å². The van der Waals surface area contributed by atoms with Crippen molar-refractivity contribution >= 4 is 37.4 Å². The Hall–Kier alpha value is -2.24. The van der Waals surface area contributed by atoms with Gasteiger partial charge in [0.15, 0.2) is 0 Å². The summed E-state index contributed by atoms with van der Waals surface area (Å²) in [6.45, 7) is 1.10. The number of hydrogen-bond acceptors (Lipinski definition) is 6. The Morgan fingerprint density at radius 1 is 1.04 bits per heavy atom. The minimum atomic E-state index is -4.59. The molecule has 1 aliphatic heterocycles. The van der Waals surface area contributed by atoms with E-state index in [1.807, 2.05) is 16.3 Å². The molecule has 0 atom stereocenters. The van der Waals surface area contributed by atoms with Crippen LogP contribution < -0.4 is 4.90 Å². The molecule has 2 aromatic heterocycles. The second kappa shape index (κ2) is 6.98. The molecule has 4 rings (SSSR count). The highest BCUT2D eigenvalue weighted by molar-refractivity contribution is 7.89. The predicted octanol–water partition coefficient (Wildman–Crippen LogP) is 3.22. The summed E-state index contributed by atoms with van der Waals surface area (Å²) in [5.41, 5.74) is -0.979. The van der Waals surface area contributed by atoms with E-state index >= 15 is 0 Å². The number of nitrogens with zero attached hydrogens (tertiary/aromatic N) is 4. The third-order valence-electron chi connectivity index (χ3n) is 4.58. The van der Waals surface area contributed by atoms with Gasteiger partial charge in [-0.15, -0.1) is 11.3 Å². The molecule has 11 heteroatoms. The van der Waals surface area contributed by atoms with Gasteiger partial charge in [-0.3, -0.25) is 0 Å². The molecule has 28 heavy (non-hydrogen) atoms. The van der Waals surface area contributed by atoms with Crippen LogP contribution in [0.1, 0.15) is 5.56 Å². The zero-order valence-corrected chi connectivity index (χ0v) is 16.1. The van der Waals surface area contributed by atoms with Gasteiger partial charge in [-0.05, 0) is 29.6 Å². The lowest BCUT2D eigenvalue weighted by Gasteiger charge is -2.34. The zero-order chi connectivity index (χ0) is 19.9. The second-order valence-electron chi connectivity index (χ2n) is 6.25. The minimum absolute atomic E-state index is 0.161. The van der Waals surface area contributed by atoms with Crippen molar-refractivity contribution in [3.8, 4) is 0 Å². The molecule has 3 aromatic rings. The molecule has 1 aliphatic rings. The van der Waals surface area contributed by atoms with Crippen LogP contribution in [-0.4, -0.2) is 48.9 Å². The van der Waals surface area contributed by atoms with E-state index in [2.05, 4.69) is 9.97 Å². The van der Waals surface area contributed by atoms with E-state index in [0.717, 1.165) is 28.2 Å². The van der Waals surface area contributed by atoms with Crippen molar-refractivity contribution in [1.82, 2.24) is 14.3 Å². The van der Waals surface area contributed by atoms with Gasteiger partial charge in [-0.25, -0.2) is 18.4 Å². The molecule has 1 saturated heterocycles. The topological polar surface area (TPSA) is 66.4 Å². The summed E-state index contributed by atoms with van der Waals surface area (Å²) in [7, 11) is -4.01. The first-order chi connectivity index (χ1) is 13.3. The SMILES string of the molecule is O=S(=O)(c1cccc(C(F)(F)F)c1)N1CCN(c2ncnc3sccc23)CC1. The van der Waals surface area contributed by atoms with E-state index in [1.165, 1.54) is 28.0 Å². The molecule has 0 bridgehead atoms. The Morgan fingerprint density at radius 3 is 2.50 bits per heavy atom.